The van der Waals surface area contributed by atoms with Gasteiger partial charge in [0.15, 0.2) is 0 Å². The van der Waals surface area contributed by atoms with Crippen LogP contribution in [0.25, 0.3) is 0 Å². The molecule has 0 aromatic carbocycles. The Morgan fingerprint density at radius 2 is 0.538 bits per heavy atom. The van der Waals surface area contributed by atoms with E-state index in [1.54, 1.807) is 0 Å². The molecule has 0 saturated heterocycles. The SMILES string of the molecule is [Ca+2].[Ca+2].[Ca+2].[O-][Si]([O-])([O-])Cl.[O-][Si]([O-])([O-])Cl. The summed E-state index contributed by atoms with van der Waals surface area (Å²) in [5.41, 5.74) is 0. The normalized spacial score (nSPS) is 9.23. The monoisotopic (exact) mass is 342 g/mol. The maximum Gasteiger partial charge on any atom is 2.00 e. The van der Waals surface area contributed by atoms with Gasteiger partial charge >= 0.3 is 113 Å². The van der Waals surface area contributed by atoms with Gasteiger partial charge < -0.3 is 28.8 Å². The van der Waals surface area contributed by atoms with Crippen molar-refractivity contribution in [3.05, 3.63) is 0 Å². The third-order valence-corrected chi connectivity index (χ3v) is 0. The molecule has 0 aromatic heterocycles. The second-order valence-electron chi connectivity index (χ2n) is 0.963. The predicted octanol–water partition coefficient (Wildman–Crippen LogP) is -7.66. The molecule has 0 rings (SSSR count). The Morgan fingerprint density at radius 3 is 0.538 bits per heavy atom. The molecule has 0 spiro atoms. The van der Waals surface area contributed by atoms with Gasteiger partial charge in [-0.3, -0.25) is 0 Å². The molecule has 0 unspecified atom stereocenters. The Labute approximate surface area is 176 Å². The van der Waals surface area contributed by atoms with Crippen LogP contribution in [0.15, 0.2) is 0 Å². The van der Waals surface area contributed by atoms with Gasteiger partial charge in [-0.1, -0.05) is 0 Å². The first-order valence-electron chi connectivity index (χ1n) is 1.60. The van der Waals surface area contributed by atoms with Gasteiger partial charge in [0, 0.05) is 0 Å². The zero-order valence-electron chi connectivity index (χ0n) is 6.33. The minimum atomic E-state index is -4.89. The van der Waals surface area contributed by atoms with E-state index in [1.807, 2.05) is 0 Å². The van der Waals surface area contributed by atoms with Gasteiger partial charge in [0.05, 0.1) is 0 Å². The van der Waals surface area contributed by atoms with E-state index in [1.165, 1.54) is 0 Å². The quantitative estimate of drug-likeness (QED) is 0.316. The summed E-state index contributed by atoms with van der Waals surface area (Å²) in [6.45, 7) is 0. The van der Waals surface area contributed by atoms with Gasteiger partial charge in [0.2, 0.25) is 0 Å². The van der Waals surface area contributed by atoms with Crippen LogP contribution < -0.4 is 28.8 Å². The summed E-state index contributed by atoms with van der Waals surface area (Å²) in [5.74, 6) is 0. The molecule has 0 aliphatic rings. The molecular formula is Ca3Cl2O6Si2. The number of hydrogen-bond acceptors (Lipinski definition) is 6. The maximum atomic E-state index is 8.90. The molecule has 0 aliphatic carbocycles. The van der Waals surface area contributed by atoms with E-state index in [2.05, 4.69) is 22.2 Å². The first-order valence-corrected chi connectivity index (χ1v) is 7.08. The molecule has 6 nitrogen and oxygen atoms in total. The molecule has 13 heavy (non-hydrogen) atoms. The van der Waals surface area contributed by atoms with Crippen LogP contribution in [-0.4, -0.2) is 129 Å². The van der Waals surface area contributed by atoms with E-state index in [-0.39, 0.29) is 113 Å². The Bertz CT molecular complexity index is 66.9. The second-order valence-corrected chi connectivity index (χ2v) is 5.67. The summed E-state index contributed by atoms with van der Waals surface area (Å²) in [7, 11) is -9.78. The fraction of sp³-hybridized carbons (Fsp3) is 0. The Morgan fingerprint density at radius 1 is 0.538 bits per heavy atom. The summed E-state index contributed by atoms with van der Waals surface area (Å²) < 4.78 is 0. The zero-order valence-corrected chi connectivity index (χ0v) is 16.5. The van der Waals surface area contributed by atoms with Crippen LogP contribution >= 0.6 is 22.2 Å². The number of rotatable bonds is 0. The molecule has 0 saturated carbocycles. The van der Waals surface area contributed by atoms with Crippen LogP contribution in [0.4, 0.5) is 0 Å². The summed E-state index contributed by atoms with van der Waals surface area (Å²) in [4.78, 5) is 53.4. The Balaban J connectivity index is -0.0000000267. The molecule has 0 aromatic rings. The average Bonchev–Trinajstić information content (AvgIpc) is 1.12. The molecule has 0 heterocycles. The van der Waals surface area contributed by atoms with Gasteiger partial charge in [-0.2, -0.15) is 16.2 Å². The smallest absolute Gasteiger partial charge is 0.870 e. The summed E-state index contributed by atoms with van der Waals surface area (Å²) >= 11 is 8.00. The van der Waals surface area contributed by atoms with E-state index in [0.717, 1.165) is 0 Å². The molecule has 0 bridgehead atoms. The molecule has 0 aliphatic heterocycles. The predicted molar refractivity (Wildman–Crippen MR) is 40.5 cm³/mol. The van der Waals surface area contributed by atoms with E-state index in [4.69, 9.17) is 28.8 Å². The molecule has 0 amide bonds. The summed E-state index contributed by atoms with van der Waals surface area (Å²) in [6, 6.07) is 0. The number of hydrogen-bond donors (Lipinski definition) is 0. The zero-order chi connectivity index (χ0) is 9.00. The van der Waals surface area contributed by atoms with Crippen molar-refractivity contribution in [3.63, 3.8) is 0 Å². The molecule has 0 atom stereocenters. The van der Waals surface area contributed by atoms with Crippen molar-refractivity contribution in [3.8, 4) is 0 Å². The maximum absolute atomic E-state index is 8.90. The van der Waals surface area contributed by atoms with Crippen molar-refractivity contribution in [2.45, 2.75) is 0 Å². The first-order chi connectivity index (χ1) is 4.00. The third-order valence-electron chi connectivity index (χ3n) is 0. The van der Waals surface area contributed by atoms with Crippen LogP contribution in [0.5, 0.6) is 0 Å². The number of halogens is 2. The van der Waals surface area contributed by atoms with Crippen LogP contribution in [0, 0.1) is 0 Å². The fourth-order valence-corrected chi connectivity index (χ4v) is 0. The average molecular weight is 343 g/mol. The largest absolute Gasteiger partial charge is 2.00 e. The topological polar surface area (TPSA) is 138 Å². The van der Waals surface area contributed by atoms with Gasteiger partial charge in [0.25, 0.3) is 0 Å². The van der Waals surface area contributed by atoms with Gasteiger partial charge in [-0.15, -0.1) is 0 Å². The summed E-state index contributed by atoms with van der Waals surface area (Å²) in [5, 5.41) is 0. The molecule has 0 fully saturated rings. The van der Waals surface area contributed by atoms with E-state index in [9.17, 15) is 0 Å². The van der Waals surface area contributed by atoms with Crippen molar-refractivity contribution >= 4 is 152 Å². The fourth-order valence-electron chi connectivity index (χ4n) is 0. The van der Waals surface area contributed by atoms with Crippen molar-refractivity contribution in [1.29, 1.82) is 0 Å². The minimum absolute atomic E-state index is 0. The van der Waals surface area contributed by atoms with Gasteiger partial charge in [-0.25, -0.2) is 22.2 Å². The van der Waals surface area contributed by atoms with Gasteiger partial charge in [0.1, 0.15) is 0 Å². The van der Waals surface area contributed by atoms with Crippen LogP contribution in [0.2, 0.25) is 0 Å². The van der Waals surface area contributed by atoms with Crippen molar-refractivity contribution in [1.82, 2.24) is 0 Å². The molecular weight excluding hydrogens is 343 g/mol. The van der Waals surface area contributed by atoms with Crippen molar-refractivity contribution in [2.75, 3.05) is 0 Å². The van der Waals surface area contributed by atoms with Crippen molar-refractivity contribution in [2.24, 2.45) is 0 Å². The molecule has 13 heteroatoms. The van der Waals surface area contributed by atoms with E-state index >= 15 is 0 Å². The van der Waals surface area contributed by atoms with Crippen molar-refractivity contribution < 1.29 is 28.8 Å². The minimum Gasteiger partial charge on any atom is -0.870 e. The molecule has 0 radical (unpaired) electrons. The van der Waals surface area contributed by atoms with Crippen LogP contribution in [-0.2, 0) is 0 Å². The summed E-state index contributed by atoms with van der Waals surface area (Å²) in [6.07, 6.45) is 0. The van der Waals surface area contributed by atoms with E-state index in [0.29, 0.717) is 0 Å². The van der Waals surface area contributed by atoms with Crippen LogP contribution in [0.1, 0.15) is 0 Å². The Hall–Kier alpha value is 4.55. The third kappa shape index (κ3) is 169. The molecule has 64 valence electrons. The van der Waals surface area contributed by atoms with E-state index < -0.39 is 16.2 Å². The van der Waals surface area contributed by atoms with Gasteiger partial charge in [-0.05, 0) is 0 Å². The Kier molecular flexibility index (Phi) is 34.3. The second kappa shape index (κ2) is 14.6. The first kappa shape index (κ1) is 30.5. The van der Waals surface area contributed by atoms with Crippen LogP contribution in [0.3, 0.4) is 0 Å². The standard InChI is InChI=1S/3Ca.2ClO3Si/c;;;2*1-5(2,3)4/q3*+2;2*-3. The molecule has 0 N–H and O–H groups in total.